The van der Waals surface area contributed by atoms with Crippen molar-refractivity contribution in [1.29, 1.82) is 0 Å². The predicted molar refractivity (Wildman–Crippen MR) is 115 cm³/mol. The smallest absolute Gasteiger partial charge is 0.126 e. The molecule has 4 heteroatoms. The van der Waals surface area contributed by atoms with Crippen LogP contribution in [-0.4, -0.2) is 28.4 Å². The van der Waals surface area contributed by atoms with Crippen LogP contribution < -0.4 is 18.9 Å². The van der Waals surface area contributed by atoms with Gasteiger partial charge in [-0.15, -0.1) is 0 Å². The molecule has 0 aliphatic rings. The van der Waals surface area contributed by atoms with Crippen molar-refractivity contribution >= 4 is 0 Å². The summed E-state index contributed by atoms with van der Waals surface area (Å²) in [6.07, 6.45) is 1.75. The first-order chi connectivity index (χ1) is 13.4. The molecule has 0 saturated carbocycles. The molecule has 0 fully saturated rings. The molecular formula is C24H34O4. The molecule has 0 N–H and O–H groups in total. The standard InChI is InChI=1S/C24H34O4/c1-15(2)23-19(25-5)11-17(12-20(23)26-6)9-10-18-13-21(27-7)24(16(3)4)22(14-18)28-8/h11-16H,9-10H2,1-8H3. The lowest BCUT2D eigenvalue weighted by Crippen LogP contribution is -2.03. The number of rotatable bonds is 9. The summed E-state index contributed by atoms with van der Waals surface area (Å²) in [7, 11) is 6.85. The van der Waals surface area contributed by atoms with E-state index in [0.717, 1.165) is 47.0 Å². The molecule has 0 amide bonds. The fourth-order valence-electron chi connectivity index (χ4n) is 3.70. The average Bonchev–Trinajstić information content (AvgIpc) is 2.69. The van der Waals surface area contributed by atoms with Crippen molar-refractivity contribution in [3.8, 4) is 23.0 Å². The van der Waals surface area contributed by atoms with Crippen LogP contribution >= 0.6 is 0 Å². The quantitative estimate of drug-likeness (QED) is 0.550. The highest BCUT2D eigenvalue weighted by Crippen LogP contribution is 2.38. The third-order valence-electron chi connectivity index (χ3n) is 5.06. The summed E-state index contributed by atoms with van der Waals surface area (Å²) in [5.41, 5.74) is 4.59. The minimum Gasteiger partial charge on any atom is -0.496 e. The summed E-state index contributed by atoms with van der Waals surface area (Å²) in [4.78, 5) is 0. The van der Waals surface area contributed by atoms with Crippen molar-refractivity contribution in [3.63, 3.8) is 0 Å². The van der Waals surface area contributed by atoms with Crippen LogP contribution in [0, 0.1) is 0 Å². The van der Waals surface area contributed by atoms with Gasteiger partial charge < -0.3 is 18.9 Å². The summed E-state index contributed by atoms with van der Waals surface area (Å²) in [5.74, 6) is 4.20. The second kappa shape index (κ2) is 9.72. The summed E-state index contributed by atoms with van der Waals surface area (Å²) in [6, 6.07) is 8.48. The summed E-state index contributed by atoms with van der Waals surface area (Å²) in [6.45, 7) is 8.59. The highest BCUT2D eigenvalue weighted by molar-refractivity contribution is 5.51. The third kappa shape index (κ3) is 4.73. The Balaban J connectivity index is 2.33. The van der Waals surface area contributed by atoms with E-state index in [2.05, 4.69) is 52.0 Å². The maximum atomic E-state index is 5.64. The number of methoxy groups -OCH3 is 4. The van der Waals surface area contributed by atoms with E-state index < -0.39 is 0 Å². The Morgan fingerprint density at radius 2 is 0.786 bits per heavy atom. The zero-order valence-corrected chi connectivity index (χ0v) is 18.5. The van der Waals surface area contributed by atoms with Crippen molar-refractivity contribution in [1.82, 2.24) is 0 Å². The summed E-state index contributed by atoms with van der Waals surface area (Å²) in [5, 5.41) is 0. The largest absolute Gasteiger partial charge is 0.496 e. The van der Waals surface area contributed by atoms with Crippen LogP contribution in [0.25, 0.3) is 0 Å². The molecule has 0 radical (unpaired) electrons. The molecule has 0 atom stereocenters. The van der Waals surface area contributed by atoms with Gasteiger partial charge in [0.2, 0.25) is 0 Å². The van der Waals surface area contributed by atoms with Crippen molar-refractivity contribution < 1.29 is 18.9 Å². The zero-order chi connectivity index (χ0) is 20.8. The van der Waals surface area contributed by atoms with E-state index in [4.69, 9.17) is 18.9 Å². The van der Waals surface area contributed by atoms with Crippen LogP contribution in [0.1, 0.15) is 61.8 Å². The van der Waals surface area contributed by atoms with Crippen LogP contribution in [0.15, 0.2) is 24.3 Å². The second-order valence-electron chi connectivity index (χ2n) is 7.64. The van der Waals surface area contributed by atoms with E-state index in [1.807, 2.05) is 0 Å². The minimum absolute atomic E-state index is 0.330. The molecule has 4 nitrogen and oxygen atoms in total. The lowest BCUT2D eigenvalue weighted by molar-refractivity contribution is 0.380. The molecule has 0 aliphatic heterocycles. The lowest BCUT2D eigenvalue weighted by atomic mass is 9.94. The molecule has 0 aliphatic carbocycles. The van der Waals surface area contributed by atoms with Crippen LogP contribution in [0.5, 0.6) is 23.0 Å². The Morgan fingerprint density at radius 1 is 0.536 bits per heavy atom. The SMILES string of the molecule is COc1cc(CCc2cc(OC)c(C(C)C)c(OC)c2)cc(OC)c1C(C)C. The van der Waals surface area contributed by atoms with Gasteiger partial charge >= 0.3 is 0 Å². The van der Waals surface area contributed by atoms with Gasteiger partial charge in [-0.3, -0.25) is 0 Å². The van der Waals surface area contributed by atoms with E-state index in [1.54, 1.807) is 28.4 Å². The third-order valence-corrected chi connectivity index (χ3v) is 5.06. The molecule has 0 aromatic heterocycles. The molecule has 2 aromatic carbocycles. The molecule has 0 spiro atoms. The summed E-state index contributed by atoms with van der Waals surface area (Å²) < 4.78 is 22.5. The highest BCUT2D eigenvalue weighted by atomic mass is 16.5. The Bertz CT molecular complexity index is 676. The first-order valence-electron chi connectivity index (χ1n) is 9.85. The molecule has 0 unspecified atom stereocenters. The van der Waals surface area contributed by atoms with E-state index in [-0.39, 0.29) is 0 Å². The molecular weight excluding hydrogens is 352 g/mol. The van der Waals surface area contributed by atoms with Gasteiger partial charge in [0, 0.05) is 11.1 Å². The molecule has 0 heterocycles. The van der Waals surface area contributed by atoms with Gasteiger partial charge in [-0.05, 0) is 60.1 Å². The fraction of sp³-hybridized carbons (Fsp3) is 0.500. The van der Waals surface area contributed by atoms with E-state index in [9.17, 15) is 0 Å². The monoisotopic (exact) mass is 386 g/mol. The maximum Gasteiger partial charge on any atom is 0.126 e. The lowest BCUT2D eigenvalue weighted by Gasteiger charge is -2.19. The van der Waals surface area contributed by atoms with E-state index in [0.29, 0.717) is 11.8 Å². The Kier molecular flexibility index (Phi) is 7.61. The summed E-state index contributed by atoms with van der Waals surface area (Å²) >= 11 is 0. The van der Waals surface area contributed by atoms with E-state index >= 15 is 0 Å². The van der Waals surface area contributed by atoms with Crippen LogP contribution in [-0.2, 0) is 12.8 Å². The normalized spacial score (nSPS) is 11.1. The Hall–Kier alpha value is -2.36. The predicted octanol–water partition coefficient (Wildman–Crippen LogP) is 5.75. The molecule has 2 rings (SSSR count). The van der Waals surface area contributed by atoms with Crippen LogP contribution in [0.4, 0.5) is 0 Å². The molecule has 28 heavy (non-hydrogen) atoms. The van der Waals surface area contributed by atoms with Crippen molar-refractivity contribution in [2.75, 3.05) is 28.4 Å². The molecule has 154 valence electrons. The van der Waals surface area contributed by atoms with Gasteiger partial charge in [-0.2, -0.15) is 0 Å². The van der Waals surface area contributed by atoms with Crippen LogP contribution in [0.2, 0.25) is 0 Å². The maximum absolute atomic E-state index is 5.64. The number of hydrogen-bond donors (Lipinski definition) is 0. The van der Waals surface area contributed by atoms with Gasteiger partial charge in [0.05, 0.1) is 28.4 Å². The number of aryl methyl sites for hydroxylation is 2. The van der Waals surface area contributed by atoms with Gasteiger partial charge in [-0.1, -0.05) is 27.7 Å². The number of benzene rings is 2. The Labute approximate surface area is 169 Å². The first kappa shape index (κ1) is 21.9. The first-order valence-corrected chi connectivity index (χ1v) is 9.85. The topological polar surface area (TPSA) is 36.9 Å². The fourth-order valence-corrected chi connectivity index (χ4v) is 3.70. The van der Waals surface area contributed by atoms with Gasteiger partial charge in [0.15, 0.2) is 0 Å². The van der Waals surface area contributed by atoms with Crippen LogP contribution in [0.3, 0.4) is 0 Å². The molecule has 2 aromatic rings. The molecule has 0 saturated heterocycles. The number of ether oxygens (including phenoxy) is 4. The van der Waals surface area contributed by atoms with E-state index in [1.165, 1.54) is 11.1 Å². The van der Waals surface area contributed by atoms with Gasteiger partial charge in [-0.25, -0.2) is 0 Å². The second-order valence-corrected chi connectivity index (χ2v) is 7.64. The Morgan fingerprint density at radius 3 is 0.964 bits per heavy atom. The van der Waals surface area contributed by atoms with Gasteiger partial charge in [0.25, 0.3) is 0 Å². The highest BCUT2D eigenvalue weighted by Gasteiger charge is 2.18. The van der Waals surface area contributed by atoms with Gasteiger partial charge in [0.1, 0.15) is 23.0 Å². The van der Waals surface area contributed by atoms with Crippen molar-refractivity contribution in [3.05, 3.63) is 46.5 Å². The average molecular weight is 387 g/mol. The van der Waals surface area contributed by atoms with Crippen molar-refractivity contribution in [2.24, 2.45) is 0 Å². The zero-order valence-electron chi connectivity index (χ0n) is 18.5. The minimum atomic E-state index is 0.330. The number of hydrogen-bond acceptors (Lipinski definition) is 4. The molecule has 0 bridgehead atoms. The van der Waals surface area contributed by atoms with Crippen molar-refractivity contribution in [2.45, 2.75) is 52.4 Å².